The highest BCUT2D eigenvalue weighted by molar-refractivity contribution is 9.10. The van der Waals surface area contributed by atoms with E-state index in [-0.39, 0.29) is 0 Å². The number of nitrogens with one attached hydrogen (secondary N) is 2. The lowest BCUT2D eigenvalue weighted by atomic mass is 10.2. The zero-order valence-electron chi connectivity index (χ0n) is 16.3. The van der Waals surface area contributed by atoms with Crippen LogP contribution in [-0.4, -0.2) is 57.3 Å². The van der Waals surface area contributed by atoms with Gasteiger partial charge in [0, 0.05) is 19.1 Å². The minimum absolute atomic E-state index is 0.566. The van der Waals surface area contributed by atoms with Gasteiger partial charge < -0.3 is 20.1 Å². The Balaban J connectivity index is 2.03. The average molecular weight is 427 g/mol. The first-order chi connectivity index (χ1) is 12.6. The van der Waals surface area contributed by atoms with E-state index in [9.17, 15) is 0 Å². The maximum Gasteiger partial charge on any atom is 0.191 e. The molecule has 146 valence electrons. The monoisotopic (exact) mass is 426 g/mol. The molecule has 1 heterocycles. The Morgan fingerprint density at radius 2 is 2.08 bits per heavy atom. The van der Waals surface area contributed by atoms with E-state index in [1.54, 1.807) is 14.2 Å². The number of hydrogen-bond donors (Lipinski definition) is 2. The highest BCUT2D eigenvalue weighted by Crippen LogP contribution is 2.36. The molecule has 0 saturated carbocycles. The van der Waals surface area contributed by atoms with Crippen LogP contribution in [0, 0.1) is 0 Å². The summed E-state index contributed by atoms with van der Waals surface area (Å²) in [6.07, 6.45) is 2.54. The second kappa shape index (κ2) is 10.6. The van der Waals surface area contributed by atoms with Crippen LogP contribution in [0.25, 0.3) is 0 Å². The Morgan fingerprint density at radius 1 is 1.27 bits per heavy atom. The van der Waals surface area contributed by atoms with E-state index in [1.165, 1.54) is 19.4 Å². The highest BCUT2D eigenvalue weighted by atomic mass is 79.9. The molecule has 1 aliphatic rings. The van der Waals surface area contributed by atoms with Crippen LogP contribution in [0.2, 0.25) is 0 Å². The van der Waals surface area contributed by atoms with Crippen molar-refractivity contribution in [2.75, 3.05) is 40.4 Å². The van der Waals surface area contributed by atoms with E-state index in [2.05, 4.69) is 45.3 Å². The van der Waals surface area contributed by atoms with Crippen molar-refractivity contribution in [2.45, 2.75) is 39.3 Å². The quantitative estimate of drug-likeness (QED) is 0.494. The third-order valence-corrected chi connectivity index (χ3v) is 5.26. The fourth-order valence-electron chi connectivity index (χ4n) is 3.33. The summed E-state index contributed by atoms with van der Waals surface area (Å²) in [5, 5.41) is 6.82. The second-order valence-corrected chi connectivity index (χ2v) is 7.17. The van der Waals surface area contributed by atoms with Crippen LogP contribution in [0.5, 0.6) is 11.5 Å². The van der Waals surface area contributed by atoms with Crippen LogP contribution in [-0.2, 0) is 6.54 Å². The maximum absolute atomic E-state index is 5.41. The number of rotatable bonds is 8. The first-order valence-electron chi connectivity index (χ1n) is 9.29. The average Bonchev–Trinajstić information content (AvgIpc) is 3.11. The maximum atomic E-state index is 5.41. The van der Waals surface area contributed by atoms with E-state index in [4.69, 9.17) is 14.5 Å². The second-order valence-electron chi connectivity index (χ2n) is 6.31. The van der Waals surface area contributed by atoms with E-state index in [0.29, 0.717) is 24.1 Å². The van der Waals surface area contributed by atoms with Gasteiger partial charge in [0.05, 0.1) is 25.2 Å². The normalized spacial score (nSPS) is 18.0. The van der Waals surface area contributed by atoms with Gasteiger partial charge in [0.1, 0.15) is 0 Å². The number of halogens is 1. The molecule has 0 radical (unpaired) electrons. The predicted molar refractivity (Wildman–Crippen MR) is 110 cm³/mol. The molecular formula is C19H31BrN4O2. The van der Waals surface area contributed by atoms with Gasteiger partial charge in [-0.3, -0.25) is 4.90 Å². The number of guanidine groups is 1. The van der Waals surface area contributed by atoms with Crippen LogP contribution < -0.4 is 20.1 Å². The molecule has 1 saturated heterocycles. The molecule has 2 rings (SSSR count). The number of nitrogens with zero attached hydrogens (tertiary/aromatic N) is 2. The van der Waals surface area contributed by atoms with Crippen molar-refractivity contribution < 1.29 is 9.47 Å². The molecule has 1 aromatic carbocycles. The molecule has 0 aromatic heterocycles. The van der Waals surface area contributed by atoms with Gasteiger partial charge in [-0.25, -0.2) is 4.99 Å². The summed E-state index contributed by atoms with van der Waals surface area (Å²) in [6.45, 7) is 8.95. The molecule has 1 aliphatic heterocycles. The summed E-state index contributed by atoms with van der Waals surface area (Å²) in [4.78, 5) is 7.26. The topological polar surface area (TPSA) is 58.1 Å². The Labute approximate surface area is 165 Å². The van der Waals surface area contributed by atoms with Crippen LogP contribution in [0.15, 0.2) is 21.6 Å². The van der Waals surface area contributed by atoms with Gasteiger partial charge in [-0.05, 0) is 66.5 Å². The standard InChI is InChI=1S/C19H31BrN4O2/c1-5-21-19(23-13-15-8-7-9-24(15)6-2)22-12-14-10-16(20)18(26-4)17(11-14)25-3/h10-11,15H,5-9,12-13H2,1-4H3,(H2,21,22,23). The third kappa shape index (κ3) is 5.51. The molecule has 0 aliphatic carbocycles. The van der Waals surface area contributed by atoms with E-state index < -0.39 is 0 Å². The van der Waals surface area contributed by atoms with Gasteiger partial charge in [0.25, 0.3) is 0 Å². The SMILES string of the molecule is CCNC(=NCc1cc(Br)c(OC)c(OC)c1)NCC1CCCN1CC. The summed E-state index contributed by atoms with van der Waals surface area (Å²) in [7, 11) is 3.28. The summed E-state index contributed by atoms with van der Waals surface area (Å²) < 4.78 is 11.6. The molecule has 7 heteroatoms. The molecule has 0 spiro atoms. The molecule has 6 nitrogen and oxygen atoms in total. The largest absolute Gasteiger partial charge is 0.493 e. The van der Waals surface area contributed by atoms with E-state index in [1.807, 2.05) is 12.1 Å². The molecule has 1 fully saturated rings. The number of ether oxygens (including phenoxy) is 2. The Kier molecular flexibility index (Phi) is 8.51. The first-order valence-corrected chi connectivity index (χ1v) is 10.1. The number of benzene rings is 1. The predicted octanol–water partition coefficient (Wildman–Crippen LogP) is 3.01. The molecule has 0 bridgehead atoms. The molecule has 26 heavy (non-hydrogen) atoms. The van der Waals surface area contributed by atoms with Crippen LogP contribution in [0.4, 0.5) is 0 Å². The van der Waals surface area contributed by atoms with Gasteiger partial charge in [-0.15, -0.1) is 0 Å². The zero-order chi connectivity index (χ0) is 18.9. The van der Waals surface area contributed by atoms with Gasteiger partial charge in [-0.1, -0.05) is 6.92 Å². The molecule has 1 aromatic rings. The van der Waals surface area contributed by atoms with Crippen molar-refractivity contribution in [1.82, 2.24) is 15.5 Å². The highest BCUT2D eigenvalue weighted by Gasteiger charge is 2.22. The fourth-order valence-corrected chi connectivity index (χ4v) is 3.98. The number of likely N-dealkylation sites (tertiary alicyclic amines) is 1. The lowest BCUT2D eigenvalue weighted by Gasteiger charge is -2.24. The fraction of sp³-hybridized carbons (Fsp3) is 0.632. The number of aliphatic imine (C=N–C) groups is 1. The zero-order valence-corrected chi connectivity index (χ0v) is 17.9. The summed E-state index contributed by atoms with van der Waals surface area (Å²) in [5.74, 6) is 2.25. The van der Waals surface area contributed by atoms with Crippen molar-refractivity contribution in [3.8, 4) is 11.5 Å². The van der Waals surface area contributed by atoms with Crippen molar-refractivity contribution in [3.05, 3.63) is 22.2 Å². The van der Waals surface area contributed by atoms with Gasteiger partial charge in [-0.2, -0.15) is 0 Å². The molecule has 2 N–H and O–H groups in total. The summed E-state index contributed by atoms with van der Waals surface area (Å²) >= 11 is 3.54. The van der Waals surface area contributed by atoms with Gasteiger partial charge in [0.2, 0.25) is 0 Å². The minimum Gasteiger partial charge on any atom is -0.493 e. The van der Waals surface area contributed by atoms with Crippen molar-refractivity contribution in [1.29, 1.82) is 0 Å². The Hall–Kier alpha value is -1.47. The van der Waals surface area contributed by atoms with Crippen molar-refractivity contribution >= 4 is 21.9 Å². The van der Waals surface area contributed by atoms with Crippen molar-refractivity contribution in [2.24, 2.45) is 4.99 Å². The Morgan fingerprint density at radius 3 is 2.73 bits per heavy atom. The molecule has 1 atom stereocenters. The summed E-state index contributed by atoms with van der Waals surface area (Å²) in [6, 6.07) is 4.58. The number of methoxy groups -OCH3 is 2. The van der Waals surface area contributed by atoms with E-state index >= 15 is 0 Å². The Bertz CT molecular complexity index is 609. The van der Waals surface area contributed by atoms with E-state index in [0.717, 1.165) is 35.6 Å². The smallest absolute Gasteiger partial charge is 0.191 e. The summed E-state index contributed by atoms with van der Waals surface area (Å²) in [5.41, 5.74) is 1.06. The van der Waals surface area contributed by atoms with Gasteiger partial charge in [0.15, 0.2) is 17.5 Å². The first kappa shape index (κ1) is 20.8. The molecular weight excluding hydrogens is 396 g/mol. The molecule has 0 amide bonds. The number of hydrogen-bond acceptors (Lipinski definition) is 4. The lowest BCUT2D eigenvalue weighted by Crippen LogP contribution is -2.44. The molecule has 1 unspecified atom stereocenters. The van der Waals surface area contributed by atoms with Crippen molar-refractivity contribution in [3.63, 3.8) is 0 Å². The van der Waals surface area contributed by atoms with Crippen LogP contribution in [0.1, 0.15) is 32.3 Å². The number of likely N-dealkylation sites (N-methyl/N-ethyl adjacent to an activating group) is 1. The third-order valence-electron chi connectivity index (χ3n) is 4.67. The lowest BCUT2D eigenvalue weighted by molar-refractivity contribution is 0.267. The van der Waals surface area contributed by atoms with Crippen LogP contribution in [0.3, 0.4) is 0 Å². The minimum atomic E-state index is 0.566. The van der Waals surface area contributed by atoms with Crippen LogP contribution >= 0.6 is 15.9 Å². The van der Waals surface area contributed by atoms with Gasteiger partial charge >= 0.3 is 0 Å².